The molecule has 1 N–H and O–H groups in total. The molecule has 1 aromatic carbocycles. The molecular formula is C17H13N5O5S. The van der Waals surface area contributed by atoms with Crippen molar-refractivity contribution in [2.75, 3.05) is 19.0 Å². The summed E-state index contributed by atoms with van der Waals surface area (Å²) in [6, 6.07) is 8.13. The largest absolute Gasteiger partial charge is 0.482 e. The molecule has 3 aromatic rings. The van der Waals surface area contributed by atoms with Gasteiger partial charge in [0, 0.05) is 18.0 Å². The Morgan fingerprint density at radius 1 is 1.36 bits per heavy atom. The molecule has 11 heteroatoms. The van der Waals surface area contributed by atoms with Crippen molar-refractivity contribution in [3.63, 3.8) is 0 Å². The number of nitrogens with one attached hydrogen (secondary N) is 1. The van der Waals surface area contributed by atoms with Gasteiger partial charge in [0.25, 0.3) is 5.91 Å². The van der Waals surface area contributed by atoms with Crippen molar-refractivity contribution in [3.05, 3.63) is 56.4 Å². The van der Waals surface area contributed by atoms with Crippen molar-refractivity contribution in [1.29, 1.82) is 0 Å². The predicted molar refractivity (Wildman–Crippen MR) is 102 cm³/mol. The van der Waals surface area contributed by atoms with E-state index in [4.69, 9.17) is 9.15 Å². The number of furan rings is 1. The number of ether oxygens (including phenoxy) is 1. The summed E-state index contributed by atoms with van der Waals surface area (Å²) >= 11 is 1.38. The van der Waals surface area contributed by atoms with Gasteiger partial charge in [-0.3, -0.25) is 19.9 Å². The first-order chi connectivity index (χ1) is 13.5. The fraction of sp³-hybridized carbons (Fsp3) is 0.118. The summed E-state index contributed by atoms with van der Waals surface area (Å²) in [5.41, 5.74) is 2.09. The van der Waals surface area contributed by atoms with E-state index in [1.807, 2.05) is 11.4 Å². The Bertz CT molecular complexity index is 1170. The number of carbonyl (C=O) groups is 1. The van der Waals surface area contributed by atoms with Crippen LogP contribution in [0.3, 0.4) is 0 Å². The van der Waals surface area contributed by atoms with Gasteiger partial charge in [-0.05, 0) is 24.3 Å². The van der Waals surface area contributed by atoms with Crippen LogP contribution in [0, 0.1) is 10.1 Å². The van der Waals surface area contributed by atoms with Gasteiger partial charge in [0.15, 0.2) is 12.4 Å². The second kappa shape index (κ2) is 7.12. The fourth-order valence-electron chi connectivity index (χ4n) is 2.63. The SMILES string of the molecule is CN=c1scc(-c2ccc3c(c2)NC(=O)CO3)n1N=Cc1ccc([N+](=O)[O-])o1. The number of hydrogen-bond donors (Lipinski definition) is 1. The van der Waals surface area contributed by atoms with Crippen LogP contribution >= 0.6 is 11.3 Å². The summed E-state index contributed by atoms with van der Waals surface area (Å²) < 4.78 is 12.1. The Hall–Kier alpha value is -3.73. The molecule has 4 rings (SSSR count). The molecular weight excluding hydrogens is 386 g/mol. The predicted octanol–water partition coefficient (Wildman–Crippen LogP) is 2.46. The maximum absolute atomic E-state index is 11.6. The summed E-state index contributed by atoms with van der Waals surface area (Å²) in [5, 5.41) is 19.7. The van der Waals surface area contributed by atoms with Gasteiger partial charge in [0.05, 0.1) is 23.7 Å². The summed E-state index contributed by atoms with van der Waals surface area (Å²) in [4.78, 5) is 26.5. The minimum absolute atomic E-state index is 0.0107. The molecule has 1 aliphatic rings. The highest BCUT2D eigenvalue weighted by atomic mass is 32.1. The third-order valence-electron chi connectivity index (χ3n) is 3.88. The van der Waals surface area contributed by atoms with Crippen LogP contribution in [-0.4, -0.2) is 35.4 Å². The number of aromatic nitrogens is 1. The zero-order valence-corrected chi connectivity index (χ0v) is 15.3. The first kappa shape index (κ1) is 17.7. The summed E-state index contributed by atoms with van der Waals surface area (Å²) in [6.45, 7) is -0.0107. The highest BCUT2D eigenvalue weighted by Gasteiger charge is 2.18. The Labute approximate surface area is 161 Å². The summed E-state index contributed by atoms with van der Waals surface area (Å²) in [5.74, 6) is 0.258. The molecule has 1 amide bonds. The summed E-state index contributed by atoms with van der Waals surface area (Å²) in [7, 11) is 1.64. The van der Waals surface area contributed by atoms with E-state index in [-0.39, 0.29) is 24.2 Å². The fourth-order valence-corrected chi connectivity index (χ4v) is 3.43. The number of carbonyl (C=O) groups excluding carboxylic acids is 1. The number of rotatable bonds is 4. The molecule has 0 aliphatic carbocycles. The van der Waals surface area contributed by atoms with Crippen LogP contribution in [0.1, 0.15) is 5.76 Å². The van der Waals surface area contributed by atoms with E-state index in [2.05, 4.69) is 15.4 Å². The molecule has 28 heavy (non-hydrogen) atoms. The molecule has 0 atom stereocenters. The number of nitro groups is 1. The van der Waals surface area contributed by atoms with Gasteiger partial charge in [-0.2, -0.15) is 5.10 Å². The Balaban J connectivity index is 1.72. The van der Waals surface area contributed by atoms with E-state index in [0.29, 0.717) is 16.2 Å². The van der Waals surface area contributed by atoms with Gasteiger partial charge in [0.2, 0.25) is 4.80 Å². The first-order valence-electron chi connectivity index (χ1n) is 8.04. The standard InChI is InChI=1S/C17H13N5O5S/c1-18-17-21(19-7-11-3-5-16(27-11)22(24)25)13(9-28-17)10-2-4-14-12(6-10)20-15(23)8-26-14/h2-7,9H,8H2,1H3,(H,20,23). The first-order valence-corrected chi connectivity index (χ1v) is 8.92. The number of anilines is 1. The topological polar surface area (TPSA) is 124 Å². The van der Waals surface area contributed by atoms with Gasteiger partial charge in [0.1, 0.15) is 10.7 Å². The molecule has 10 nitrogen and oxygen atoms in total. The average molecular weight is 399 g/mol. The molecule has 0 unspecified atom stereocenters. The lowest BCUT2D eigenvalue weighted by atomic mass is 10.1. The second-order valence-corrected chi connectivity index (χ2v) is 6.50. The number of hydrogen-bond acceptors (Lipinski definition) is 8. The van der Waals surface area contributed by atoms with E-state index >= 15 is 0 Å². The number of benzene rings is 1. The lowest BCUT2D eigenvalue weighted by Gasteiger charge is -2.18. The molecule has 0 saturated carbocycles. The number of fused-ring (bicyclic) bond motifs is 1. The number of amides is 1. The quantitative estimate of drug-likeness (QED) is 0.410. The van der Waals surface area contributed by atoms with E-state index in [1.54, 1.807) is 23.9 Å². The molecule has 0 fully saturated rings. The molecule has 142 valence electrons. The van der Waals surface area contributed by atoms with E-state index < -0.39 is 4.92 Å². The average Bonchev–Trinajstić information content (AvgIpc) is 3.32. The Kier molecular flexibility index (Phi) is 4.49. The second-order valence-electron chi connectivity index (χ2n) is 5.66. The molecule has 0 radical (unpaired) electrons. The van der Waals surface area contributed by atoms with E-state index in [1.165, 1.54) is 29.7 Å². The molecule has 1 aliphatic heterocycles. The normalized spacial score (nSPS) is 14.0. The molecule has 0 saturated heterocycles. The van der Waals surface area contributed by atoms with Crippen LogP contribution in [0.25, 0.3) is 11.3 Å². The van der Waals surface area contributed by atoms with E-state index in [9.17, 15) is 14.9 Å². The lowest BCUT2D eigenvalue weighted by Crippen LogP contribution is -2.25. The van der Waals surface area contributed by atoms with Crippen molar-refractivity contribution >= 4 is 35.0 Å². The van der Waals surface area contributed by atoms with Gasteiger partial charge < -0.3 is 14.5 Å². The van der Waals surface area contributed by atoms with Crippen molar-refractivity contribution in [3.8, 4) is 17.0 Å². The van der Waals surface area contributed by atoms with E-state index in [0.717, 1.165) is 11.3 Å². The van der Waals surface area contributed by atoms with Gasteiger partial charge in [-0.1, -0.05) is 0 Å². The van der Waals surface area contributed by atoms with Crippen molar-refractivity contribution in [2.24, 2.45) is 10.1 Å². The van der Waals surface area contributed by atoms with Gasteiger partial charge in [-0.25, -0.2) is 4.68 Å². The van der Waals surface area contributed by atoms with Crippen LogP contribution in [0.2, 0.25) is 0 Å². The minimum atomic E-state index is -0.614. The molecule has 0 bridgehead atoms. The summed E-state index contributed by atoms with van der Waals surface area (Å²) in [6.07, 6.45) is 1.38. The zero-order chi connectivity index (χ0) is 19.7. The zero-order valence-electron chi connectivity index (χ0n) is 14.5. The molecule has 2 aromatic heterocycles. The van der Waals surface area contributed by atoms with Crippen LogP contribution in [0.15, 0.2) is 50.2 Å². The molecule has 3 heterocycles. The highest BCUT2D eigenvalue weighted by Crippen LogP contribution is 2.32. The Morgan fingerprint density at radius 3 is 2.96 bits per heavy atom. The number of thiazole rings is 1. The highest BCUT2D eigenvalue weighted by molar-refractivity contribution is 7.07. The van der Waals surface area contributed by atoms with Crippen molar-refractivity contribution in [2.45, 2.75) is 0 Å². The molecule has 0 spiro atoms. The maximum Gasteiger partial charge on any atom is 0.433 e. The van der Waals surface area contributed by atoms with Crippen molar-refractivity contribution < 1.29 is 18.9 Å². The monoisotopic (exact) mass is 399 g/mol. The van der Waals surface area contributed by atoms with Crippen LogP contribution < -0.4 is 14.9 Å². The number of nitrogens with zero attached hydrogens (tertiary/aromatic N) is 4. The van der Waals surface area contributed by atoms with Crippen molar-refractivity contribution in [1.82, 2.24) is 4.68 Å². The van der Waals surface area contributed by atoms with Gasteiger partial charge >= 0.3 is 5.88 Å². The van der Waals surface area contributed by atoms with Crippen LogP contribution in [0.5, 0.6) is 5.75 Å². The third-order valence-corrected chi connectivity index (χ3v) is 4.79. The minimum Gasteiger partial charge on any atom is -0.482 e. The van der Waals surface area contributed by atoms with Crippen LogP contribution in [0.4, 0.5) is 11.6 Å². The maximum atomic E-state index is 11.6. The lowest BCUT2D eigenvalue weighted by molar-refractivity contribution is -0.402. The Morgan fingerprint density at radius 2 is 2.21 bits per heavy atom. The smallest absolute Gasteiger partial charge is 0.433 e. The van der Waals surface area contributed by atoms with Crippen LogP contribution in [-0.2, 0) is 4.79 Å². The third kappa shape index (κ3) is 3.30. The van der Waals surface area contributed by atoms with Gasteiger partial charge in [-0.15, -0.1) is 11.3 Å².